The van der Waals surface area contributed by atoms with Gasteiger partial charge in [0.1, 0.15) is 9.84 Å². The number of sulfone groups is 1. The summed E-state index contributed by atoms with van der Waals surface area (Å²) >= 11 is 0. The third-order valence-electron chi connectivity index (χ3n) is 1.39. The molecule has 0 heterocycles. The molecule has 0 radical (unpaired) electrons. The van der Waals surface area contributed by atoms with Crippen LogP contribution in [0.5, 0.6) is 0 Å². The Balaban J connectivity index is 4.03. The number of nitrogens with one attached hydrogen (secondary N) is 1. The maximum Gasteiger partial charge on any atom is 0.212 e. The van der Waals surface area contributed by atoms with E-state index in [-0.39, 0.29) is 18.1 Å². The van der Waals surface area contributed by atoms with E-state index in [1.807, 2.05) is 0 Å². The summed E-state index contributed by atoms with van der Waals surface area (Å²) in [4.78, 5) is 0. The molecule has 0 aliphatic carbocycles. The minimum Gasteiger partial charge on any atom is -0.229 e. The molecular weight excluding hydrogens is 226 g/mol. The second kappa shape index (κ2) is 5.47. The van der Waals surface area contributed by atoms with Crippen molar-refractivity contribution in [2.45, 2.75) is 6.42 Å². The highest BCUT2D eigenvalue weighted by Crippen LogP contribution is 1.90. The topological polar surface area (TPSA) is 80.3 Å². The largest absolute Gasteiger partial charge is 0.229 e. The fraction of sp³-hybridized carbons (Fsp3) is 0.714. The Morgan fingerprint density at radius 1 is 1.21 bits per heavy atom. The number of hydrogen-bond acceptors (Lipinski definition) is 4. The van der Waals surface area contributed by atoms with Gasteiger partial charge in [-0.25, -0.2) is 21.6 Å². The van der Waals surface area contributed by atoms with E-state index in [0.29, 0.717) is 6.42 Å². The quantitative estimate of drug-likeness (QED) is 0.482. The molecule has 0 spiro atoms. The van der Waals surface area contributed by atoms with Gasteiger partial charge in [0.25, 0.3) is 0 Å². The first-order valence-electron chi connectivity index (χ1n) is 4.03. The molecule has 0 aromatic rings. The average Bonchev–Trinajstić information content (AvgIpc) is 2.00. The van der Waals surface area contributed by atoms with Crippen LogP contribution >= 0.6 is 0 Å². The van der Waals surface area contributed by atoms with Gasteiger partial charge in [-0.1, -0.05) is 6.08 Å². The summed E-state index contributed by atoms with van der Waals surface area (Å²) in [5.74, 6) is -0.737. The molecule has 0 aliphatic rings. The first-order valence-corrected chi connectivity index (χ1v) is 7.74. The third kappa shape index (κ3) is 8.21. The predicted molar refractivity (Wildman–Crippen MR) is 56.3 cm³/mol. The van der Waals surface area contributed by atoms with Crippen LogP contribution in [-0.2, 0) is 19.9 Å². The van der Waals surface area contributed by atoms with Crippen LogP contribution in [-0.4, -0.2) is 41.1 Å². The van der Waals surface area contributed by atoms with Crippen molar-refractivity contribution in [3.8, 4) is 0 Å². The zero-order valence-corrected chi connectivity index (χ0v) is 9.70. The van der Waals surface area contributed by atoms with Crippen molar-refractivity contribution in [1.29, 1.82) is 0 Å². The van der Waals surface area contributed by atoms with Crippen LogP contribution in [0.2, 0.25) is 0 Å². The van der Waals surface area contributed by atoms with Gasteiger partial charge in [-0.3, -0.25) is 0 Å². The fourth-order valence-corrected chi connectivity index (χ4v) is 3.31. The molecule has 0 aromatic heterocycles. The summed E-state index contributed by atoms with van der Waals surface area (Å²) in [6, 6.07) is 0. The minimum absolute atomic E-state index is 0.260. The summed E-state index contributed by atoms with van der Waals surface area (Å²) in [6.07, 6.45) is 3.11. The summed E-state index contributed by atoms with van der Waals surface area (Å²) in [7, 11) is -6.69. The monoisotopic (exact) mass is 241 g/mol. The summed E-state index contributed by atoms with van der Waals surface area (Å²) in [6.45, 7) is 3.69. The Bertz CT molecular complexity index is 368. The van der Waals surface area contributed by atoms with Crippen molar-refractivity contribution in [3.05, 3.63) is 12.7 Å². The molecule has 0 rings (SSSR count). The SMILES string of the molecule is C=CCCNS(=O)(=O)CCS(C)(=O)=O. The van der Waals surface area contributed by atoms with Crippen molar-refractivity contribution < 1.29 is 16.8 Å². The Hall–Kier alpha value is -0.400. The standard InChI is InChI=1S/C7H15NO4S2/c1-3-4-5-8-14(11,12)7-6-13(2,9)10/h3,8H,1,4-7H2,2H3. The maximum atomic E-state index is 11.1. The van der Waals surface area contributed by atoms with E-state index in [4.69, 9.17) is 0 Å². The van der Waals surface area contributed by atoms with Crippen molar-refractivity contribution in [1.82, 2.24) is 4.72 Å². The molecule has 0 amide bonds. The number of hydrogen-bond donors (Lipinski definition) is 1. The van der Waals surface area contributed by atoms with Crippen molar-refractivity contribution in [3.63, 3.8) is 0 Å². The molecule has 0 atom stereocenters. The highest BCUT2D eigenvalue weighted by Gasteiger charge is 2.12. The fourth-order valence-electron chi connectivity index (χ4n) is 0.650. The Kier molecular flexibility index (Phi) is 5.32. The Morgan fingerprint density at radius 2 is 1.79 bits per heavy atom. The van der Waals surface area contributed by atoms with Crippen LogP contribution in [0.4, 0.5) is 0 Å². The zero-order chi connectivity index (χ0) is 11.2. The van der Waals surface area contributed by atoms with Crippen LogP contribution in [0.3, 0.4) is 0 Å². The van der Waals surface area contributed by atoms with Gasteiger partial charge in [-0.15, -0.1) is 6.58 Å². The number of rotatable bonds is 7. The minimum atomic E-state index is -3.46. The predicted octanol–water partition coefficient (Wildman–Crippen LogP) is -0.473. The van der Waals surface area contributed by atoms with Crippen molar-refractivity contribution in [2.75, 3.05) is 24.3 Å². The second-order valence-corrected chi connectivity index (χ2v) is 7.11. The van der Waals surface area contributed by atoms with E-state index in [0.717, 1.165) is 6.26 Å². The maximum absolute atomic E-state index is 11.1. The van der Waals surface area contributed by atoms with Crippen LogP contribution < -0.4 is 4.72 Å². The van der Waals surface area contributed by atoms with E-state index >= 15 is 0 Å². The lowest BCUT2D eigenvalue weighted by atomic mass is 10.4. The van der Waals surface area contributed by atoms with Gasteiger partial charge in [0.05, 0.1) is 11.5 Å². The molecular formula is C7H15NO4S2. The van der Waals surface area contributed by atoms with Gasteiger partial charge < -0.3 is 0 Å². The van der Waals surface area contributed by atoms with E-state index < -0.39 is 19.9 Å². The molecule has 14 heavy (non-hydrogen) atoms. The summed E-state index contributed by atoms with van der Waals surface area (Å²) in [5, 5.41) is 0. The normalized spacial score (nSPS) is 12.6. The molecule has 1 N–H and O–H groups in total. The molecule has 7 heteroatoms. The van der Waals surface area contributed by atoms with Gasteiger partial charge in [0.15, 0.2) is 0 Å². The molecule has 0 saturated carbocycles. The first kappa shape index (κ1) is 13.6. The van der Waals surface area contributed by atoms with E-state index in [9.17, 15) is 16.8 Å². The molecule has 0 fully saturated rings. The van der Waals surface area contributed by atoms with E-state index in [1.165, 1.54) is 0 Å². The average molecular weight is 241 g/mol. The molecule has 0 aliphatic heterocycles. The van der Waals surface area contributed by atoms with E-state index in [2.05, 4.69) is 11.3 Å². The molecule has 84 valence electrons. The van der Waals surface area contributed by atoms with Gasteiger partial charge in [0, 0.05) is 12.8 Å². The van der Waals surface area contributed by atoms with Gasteiger partial charge in [-0.2, -0.15) is 0 Å². The molecule has 0 bridgehead atoms. The highest BCUT2D eigenvalue weighted by atomic mass is 32.2. The van der Waals surface area contributed by atoms with Crippen LogP contribution in [0.15, 0.2) is 12.7 Å². The van der Waals surface area contributed by atoms with E-state index in [1.54, 1.807) is 6.08 Å². The van der Waals surface area contributed by atoms with Crippen LogP contribution in [0.1, 0.15) is 6.42 Å². The summed E-state index contributed by atoms with van der Waals surface area (Å²) < 4.78 is 46.0. The van der Waals surface area contributed by atoms with Gasteiger partial charge in [0.2, 0.25) is 10.0 Å². The third-order valence-corrected chi connectivity index (χ3v) is 3.98. The molecule has 0 aromatic carbocycles. The van der Waals surface area contributed by atoms with Gasteiger partial charge in [-0.05, 0) is 6.42 Å². The van der Waals surface area contributed by atoms with Gasteiger partial charge >= 0.3 is 0 Å². The van der Waals surface area contributed by atoms with Crippen LogP contribution in [0.25, 0.3) is 0 Å². The van der Waals surface area contributed by atoms with Crippen molar-refractivity contribution >= 4 is 19.9 Å². The zero-order valence-electron chi connectivity index (χ0n) is 8.06. The lowest BCUT2D eigenvalue weighted by Crippen LogP contribution is -2.30. The highest BCUT2D eigenvalue weighted by molar-refractivity contribution is 7.93. The molecule has 0 unspecified atom stereocenters. The molecule has 5 nitrogen and oxygen atoms in total. The lowest BCUT2D eigenvalue weighted by Gasteiger charge is -2.03. The summed E-state index contributed by atoms with van der Waals surface area (Å²) in [5.41, 5.74) is 0. The second-order valence-electron chi connectivity index (χ2n) is 2.92. The molecule has 0 saturated heterocycles. The lowest BCUT2D eigenvalue weighted by molar-refractivity contribution is 0.579. The number of sulfonamides is 1. The Labute approximate surface area is 85.2 Å². The Morgan fingerprint density at radius 3 is 2.21 bits per heavy atom. The van der Waals surface area contributed by atoms with Crippen LogP contribution in [0, 0.1) is 0 Å². The first-order chi connectivity index (χ1) is 6.27. The van der Waals surface area contributed by atoms with Crippen molar-refractivity contribution in [2.24, 2.45) is 0 Å². The smallest absolute Gasteiger partial charge is 0.212 e.